The van der Waals surface area contributed by atoms with E-state index in [2.05, 4.69) is 20.2 Å². The van der Waals surface area contributed by atoms with Crippen molar-refractivity contribution in [3.8, 4) is 0 Å². The van der Waals surface area contributed by atoms with Gasteiger partial charge in [-0.3, -0.25) is 9.59 Å². The van der Waals surface area contributed by atoms with Gasteiger partial charge in [-0.1, -0.05) is 0 Å². The predicted molar refractivity (Wildman–Crippen MR) is 93.4 cm³/mol. The Morgan fingerprint density at radius 3 is 2.88 bits per heavy atom. The molecule has 0 spiro atoms. The minimum absolute atomic E-state index is 0.0104. The Labute approximate surface area is 144 Å². The Bertz CT molecular complexity index is 716. The van der Waals surface area contributed by atoms with Crippen LogP contribution in [0.4, 0.5) is 5.95 Å². The number of thiophene rings is 1. The molecule has 0 radical (unpaired) electrons. The van der Waals surface area contributed by atoms with Gasteiger partial charge in [0.1, 0.15) is 0 Å². The zero-order chi connectivity index (χ0) is 16.9. The molecule has 2 aromatic heterocycles. The highest BCUT2D eigenvalue weighted by atomic mass is 32.1. The topological polar surface area (TPSA) is 75.2 Å². The van der Waals surface area contributed by atoms with Crippen molar-refractivity contribution in [2.24, 2.45) is 0 Å². The van der Waals surface area contributed by atoms with Crippen LogP contribution in [0.15, 0.2) is 29.9 Å². The van der Waals surface area contributed by atoms with Crippen molar-refractivity contribution in [1.82, 2.24) is 15.3 Å². The number of nitrogens with zero attached hydrogens (tertiary/aromatic N) is 3. The van der Waals surface area contributed by atoms with E-state index in [0.717, 1.165) is 31.5 Å². The third kappa shape index (κ3) is 4.17. The molecule has 3 heterocycles. The summed E-state index contributed by atoms with van der Waals surface area (Å²) in [5.41, 5.74) is 0.891. The second kappa shape index (κ2) is 7.53. The number of piperidine rings is 1. The van der Waals surface area contributed by atoms with Crippen LogP contribution in [0.1, 0.15) is 35.0 Å². The molecule has 1 fully saturated rings. The fourth-order valence-electron chi connectivity index (χ4n) is 2.85. The molecule has 1 N–H and O–H groups in total. The summed E-state index contributed by atoms with van der Waals surface area (Å²) in [6, 6.07) is 3.70. The van der Waals surface area contributed by atoms with Crippen LogP contribution in [0.3, 0.4) is 0 Å². The summed E-state index contributed by atoms with van der Waals surface area (Å²) in [6.45, 7) is 3.17. The lowest BCUT2D eigenvalue weighted by molar-refractivity contribution is -0.121. The van der Waals surface area contributed by atoms with E-state index >= 15 is 0 Å². The zero-order valence-corrected chi connectivity index (χ0v) is 14.4. The fourth-order valence-corrected chi connectivity index (χ4v) is 3.66. The molecule has 3 rings (SSSR count). The number of amides is 1. The summed E-state index contributed by atoms with van der Waals surface area (Å²) < 4.78 is 0. The van der Waals surface area contributed by atoms with Crippen LogP contribution in [0.25, 0.3) is 0 Å². The standard InChI is InChI=1S/C17H20N4O2S/c1-12(22)15-8-13(11-24-15)9-16(23)20-14-4-2-7-21(10-14)17-18-5-3-6-19-17/h3,5-6,8,11,14H,2,4,7,9-10H2,1H3,(H,20,23)/t14-/m0/s1. The number of Topliss-reactive ketones (excluding diaryl/α,β-unsaturated/α-hetero) is 1. The fraction of sp³-hybridized carbons (Fsp3) is 0.412. The number of nitrogens with one attached hydrogen (secondary N) is 1. The maximum Gasteiger partial charge on any atom is 0.225 e. The smallest absolute Gasteiger partial charge is 0.225 e. The van der Waals surface area contributed by atoms with E-state index in [4.69, 9.17) is 0 Å². The lowest BCUT2D eigenvalue weighted by Gasteiger charge is -2.33. The Morgan fingerprint density at radius 2 is 2.17 bits per heavy atom. The van der Waals surface area contributed by atoms with Crippen molar-refractivity contribution in [2.75, 3.05) is 18.0 Å². The molecule has 126 valence electrons. The van der Waals surface area contributed by atoms with Crippen molar-refractivity contribution in [1.29, 1.82) is 0 Å². The van der Waals surface area contributed by atoms with Gasteiger partial charge in [0.15, 0.2) is 5.78 Å². The summed E-state index contributed by atoms with van der Waals surface area (Å²) >= 11 is 1.39. The molecular formula is C17H20N4O2S. The van der Waals surface area contributed by atoms with Crippen LogP contribution < -0.4 is 10.2 Å². The van der Waals surface area contributed by atoms with E-state index in [1.807, 2.05) is 5.38 Å². The maximum atomic E-state index is 12.3. The van der Waals surface area contributed by atoms with Gasteiger partial charge in [-0.2, -0.15) is 0 Å². The van der Waals surface area contributed by atoms with Gasteiger partial charge in [-0.05, 0) is 42.8 Å². The quantitative estimate of drug-likeness (QED) is 0.841. The van der Waals surface area contributed by atoms with E-state index in [-0.39, 0.29) is 17.7 Å². The molecule has 0 unspecified atom stereocenters. The van der Waals surface area contributed by atoms with Crippen LogP contribution in [-0.4, -0.2) is 40.8 Å². The van der Waals surface area contributed by atoms with Crippen molar-refractivity contribution < 1.29 is 9.59 Å². The Balaban J connectivity index is 1.55. The van der Waals surface area contributed by atoms with Crippen molar-refractivity contribution in [3.63, 3.8) is 0 Å². The summed E-state index contributed by atoms with van der Waals surface area (Å²) in [5, 5.41) is 4.97. The van der Waals surface area contributed by atoms with Crippen molar-refractivity contribution in [2.45, 2.75) is 32.2 Å². The highest BCUT2D eigenvalue weighted by molar-refractivity contribution is 7.12. The maximum absolute atomic E-state index is 12.3. The third-order valence-corrected chi connectivity index (χ3v) is 5.07. The van der Waals surface area contributed by atoms with Gasteiger partial charge in [-0.25, -0.2) is 9.97 Å². The number of hydrogen-bond donors (Lipinski definition) is 1. The lowest BCUT2D eigenvalue weighted by atomic mass is 10.1. The first-order chi connectivity index (χ1) is 11.6. The number of carbonyl (C=O) groups excluding carboxylic acids is 2. The SMILES string of the molecule is CC(=O)c1cc(CC(=O)N[C@H]2CCCN(c3ncccn3)C2)cs1. The first-order valence-corrected chi connectivity index (χ1v) is 8.89. The number of aromatic nitrogens is 2. The third-order valence-electron chi connectivity index (χ3n) is 3.99. The van der Waals surface area contributed by atoms with Gasteiger partial charge in [-0.15, -0.1) is 11.3 Å². The van der Waals surface area contributed by atoms with E-state index < -0.39 is 0 Å². The normalized spacial score (nSPS) is 17.5. The molecule has 0 aliphatic carbocycles. The molecule has 1 atom stereocenters. The van der Waals surface area contributed by atoms with Crippen molar-refractivity contribution >= 4 is 29.0 Å². The molecule has 1 aliphatic heterocycles. The van der Waals surface area contributed by atoms with Gasteiger partial charge in [0.2, 0.25) is 11.9 Å². The Morgan fingerprint density at radius 1 is 1.38 bits per heavy atom. The van der Waals surface area contributed by atoms with Crippen LogP contribution in [-0.2, 0) is 11.2 Å². The van der Waals surface area contributed by atoms with Crippen LogP contribution in [0, 0.1) is 0 Å². The molecule has 0 saturated carbocycles. The number of hydrogen-bond acceptors (Lipinski definition) is 6. The van der Waals surface area contributed by atoms with Gasteiger partial charge in [0.25, 0.3) is 0 Å². The lowest BCUT2D eigenvalue weighted by Crippen LogP contribution is -2.48. The van der Waals surface area contributed by atoms with E-state index in [1.54, 1.807) is 24.5 Å². The zero-order valence-electron chi connectivity index (χ0n) is 13.6. The molecular weight excluding hydrogens is 324 g/mol. The largest absolute Gasteiger partial charge is 0.351 e. The van der Waals surface area contributed by atoms with Crippen molar-refractivity contribution in [3.05, 3.63) is 40.3 Å². The molecule has 0 bridgehead atoms. The second-order valence-corrected chi connectivity index (χ2v) is 6.86. The van der Waals surface area contributed by atoms with Gasteiger partial charge in [0.05, 0.1) is 11.3 Å². The molecule has 1 aliphatic rings. The highest BCUT2D eigenvalue weighted by Crippen LogP contribution is 2.17. The average molecular weight is 344 g/mol. The van der Waals surface area contributed by atoms with Crippen LogP contribution in [0.2, 0.25) is 0 Å². The molecule has 6 nitrogen and oxygen atoms in total. The number of anilines is 1. The first-order valence-electron chi connectivity index (χ1n) is 8.01. The van der Waals surface area contributed by atoms with E-state index in [9.17, 15) is 9.59 Å². The summed E-state index contributed by atoms with van der Waals surface area (Å²) in [6.07, 6.45) is 5.72. The average Bonchev–Trinajstić information content (AvgIpc) is 3.04. The molecule has 0 aromatic carbocycles. The summed E-state index contributed by atoms with van der Waals surface area (Å²) in [4.78, 5) is 34.9. The summed E-state index contributed by atoms with van der Waals surface area (Å²) in [5.74, 6) is 0.738. The minimum Gasteiger partial charge on any atom is -0.351 e. The number of rotatable bonds is 5. The highest BCUT2D eigenvalue weighted by Gasteiger charge is 2.23. The van der Waals surface area contributed by atoms with Gasteiger partial charge >= 0.3 is 0 Å². The molecule has 24 heavy (non-hydrogen) atoms. The number of ketones is 1. The first kappa shape index (κ1) is 16.6. The summed E-state index contributed by atoms with van der Waals surface area (Å²) in [7, 11) is 0. The number of carbonyl (C=O) groups is 2. The Kier molecular flexibility index (Phi) is 5.20. The molecule has 1 saturated heterocycles. The molecule has 7 heteroatoms. The monoisotopic (exact) mass is 344 g/mol. The van der Waals surface area contributed by atoms with Crippen LogP contribution in [0.5, 0.6) is 0 Å². The molecule has 2 aromatic rings. The van der Waals surface area contributed by atoms with E-state index in [1.165, 1.54) is 18.3 Å². The second-order valence-electron chi connectivity index (χ2n) is 5.95. The Hall–Kier alpha value is -2.28. The predicted octanol–water partition coefficient (Wildman–Crippen LogP) is 2.07. The minimum atomic E-state index is -0.0104. The van der Waals surface area contributed by atoms with Gasteiger partial charge in [0, 0.05) is 31.5 Å². The van der Waals surface area contributed by atoms with Crippen LogP contribution >= 0.6 is 11.3 Å². The van der Waals surface area contributed by atoms with Gasteiger partial charge < -0.3 is 10.2 Å². The van der Waals surface area contributed by atoms with E-state index in [0.29, 0.717) is 17.2 Å². The molecule has 1 amide bonds.